The smallest absolute Gasteiger partial charge is 0.136 e. The number of fused-ring (bicyclic) bond motifs is 7. The van der Waals surface area contributed by atoms with Crippen molar-refractivity contribution < 1.29 is 4.42 Å². The topological polar surface area (TPSA) is 13.1 Å². The lowest BCUT2D eigenvalue weighted by Crippen LogP contribution is -1.82. The Morgan fingerprint density at radius 2 is 0.957 bits per heavy atom. The number of hydrogen-bond acceptors (Lipinski definition) is 1. The summed E-state index contributed by atoms with van der Waals surface area (Å²) in [6.45, 7) is 4.30. The van der Waals surface area contributed by atoms with E-state index >= 15 is 0 Å². The zero-order valence-electron chi connectivity index (χ0n) is 13.2. The number of hydrogen-bond donors (Lipinski definition) is 0. The van der Waals surface area contributed by atoms with Gasteiger partial charge in [-0.3, -0.25) is 0 Å². The van der Waals surface area contributed by atoms with Gasteiger partial charge < -0.3 is 4.42 Å². The van der Waals surface area contributed by atoms with Gasteiger partial charge >= 0.3 is 0 Å². The first-order valence-corrected chi connectivity index (χ1v) is 7.97. The van der Waals surface area contributed by atoms with Gasteiger partial charge in [0.25, 0.3) is 0 Å². The van der Waals surface area contributed by atoms with Gasteiger partial charge in [-0.05, 0) is 58.7 Å². The van der Waals surface area contributed by atoms with E-state index in [1.807, 2.05) is 0 Å². The van der Waals surface area contributed by atoms with Crippen molar-refractivity contribution in [2.75, 3.05) is 0 Å². The van der Waals surface area contributed by atoms with Crippen LogP contribution in [0.4, 0.5) is 0 Å². The highest BCUT2D eigenvalue weighted by atomic mass is 16.3. The molecule has 1 aromatic heterocycles. The Hall–Kier alpha value is -2.80. The predicted molar refractivity (Wildman–Crippen MR) is 98.2 cm³/mol. The van der Waals surface area contributed by atoms with E-state index in [1.54, 1.807) is 0 Å². The molecule has 0 saturated carbocycles. The first-order chi connectivity index (χ1) is 11.2. The van der Waals surface area contributed by atoms with Gasteiger partial charge in [0.1, 0.15) is 11.2 Å². The summed E-state index contributed by atoms with van der Waals surface area (Å²) in [4.78, 5) is 0. The van der Waals surface area contributed by atoms with Crippen LogP contribution in [0.5, 0.6) is 0 Å². The standard InChI is InChI=1S/C22H16O/c1-13-11-19-21(17-9-5-3-7-15(13)17)22-18-10-6-4-8-16(18)14(2)12-20(22)23-19/h3-12H,1-2H3. The Kier molecular flexibility index (Phi) is 2.41. The highest BCUT2D eigenvalue weighted by Gasteiger charge is 2.15. The third kappa shape index (κ3) is 1.62. The maximum Gasteiger partial charge on any atom is 0.136 e. The quantitative estimate of drug-likeness (QED) is 0.317. The van der Waals surface area contributed by atoms with Crippen molar-refractivity contribution in [3.8, 4) is 0 Å². The molecule has 1 nitrogen and oxygen atoms in total. The van der Waals surface area contributed by atoms with Crippen molar-refractivity contribution in [1.29, 1.82) is 0 Å². The minimum atomic E-state index is 0.979. The Labute approximate surface area is 134 Å². The van der Waals surface area contributed by atoms with Crippen LogP contribution in [-0.2, 0) is 0 Å². The molecule has 0 bridgehead atoms. The highest BCUT2D eigenvalue weighted by molar-refractivity contribution is 6.27. The Bertz CT molecular complexity index is 1130. The molecule has 110 valence electrons. The summed E-state index contributed by atoms with van der Waals surface area (Å²) in [6, 6.07) is 21.6. The average Bonchev–Trinajstić information content (AvgIpc) is 2.93. The minimum Gasteiger partial charge on any atom is -0.456 e. The Morgan fingerprint density at radius 1 is 0.565 bits per heavy atom. The fourth-order valence-corrected chi connectivity index (χ4v) is 3.84. The molecule has 0 N–H and O–H groups in total. The minimum absolute atomic E-state index is 0.979. The molecule has 1 heteroatoms. The monoisotopic (exact) mass is 296 g/mol. The molecule has 0 aliphatic carbocycles. The molecule has 5 rings (SSSR count). The van der Waals surface area contributed by atoms with E-state index in [9.17, 15) is 0 Å². The third-order valence-corrected chi connectivity index (χ3v) is 4.90. The molecule has 0 spiro atoms. The van der Waals surface area contributed by atoms with E-state index < -0.39 is 0 Å². The summed E-state index contributed by atoms with van der Waals surface area (Å²) in [5, 5.41) is 7.61. The second-order valence-corrected chi connectivity index (χ2v) is 6.33. The molecular formula is C22H16O. The van der Waals surface area contributed by atoms with Gasteiger partial charge in [0, 0.05) is 10.8 Å². The maximum atomic E-state index is 6.23. The average molecular weight is 296 g/mol. The van der Waals surface area contributed by atoms with Crippen LogP contribution in [0.2, 0.25) is 0 Å². The zero-order chi connectivity index (χ0) is 15.6. The second-order valence-electron chi connectivity index (χ2n) is 6.33. The lowest BCUT2D eigenvalue weighted by Gasteiger charge is -2.05. The van der Waals surface area contributed by atoms with Crippen molar-refractivity contribution in [2.24, 2.45) is 0 Å². The molecule has 0 fully saturated rings. The Morgan fingerprint density at radius 3 is 1.39 bits per heavy atom. The molecule has 0 amide bonds. The van der Waals surface area contributed by atoms with E-state index in [-0.39, 0.29) is 0 Å². The second kappa shape index (κ2) is 4.36. The molecule has 0 aliphatic heterocycles. The first-order valence-electron chi connectivity index (χ1n) is 7.97. The molecule has 0 saturated heterocycles. The normalized spacial score (nSPS) is 11.9. The molecule has 4 aromatic carbocycles. The number of benzene rings is 4. The van der Waals surface area contributed by atoms with Crippen LogP contribution < -0.4 is 0 Å². The molecule has 0 aliphatic rings. The summed E-state index contributed by atoms with van der Waals surface area (Å²) >= 11 is 0. The van der Waals surface area contributed by atoms with Gasteiger partial charge in [-0.15, -0.1) is 0 Å². The maximum absolute atomic E-state index is 6.23. The molecule has 1 heterocycles. The fraction of sp³-hybridized carbons (Fsp3) is 0.0909. The van der Waals surface area contributed by atoms with Gasteiger partial charge in [0.05, 0.1) is 0 Å². The SMILES string of the molecule is Cc1cc2oc3cc(C)c4ccccc4c3c2c2ccccc12. The summed E-state index contributed by atoms with van der Waals surface area (Å²) in [5.74, 6) is 0. The van der Waals surface area contributed by atoms with Crippen LogP contribution in [0.3, 0.4) is 0 Å². The lowest BCUT2D eigenvalue weighted by atomic mass is 9.96. The Balaban J connectivity index is 2.18. The summed E-state index contributed by atoms with van der Waals surface area (Å²) in [5.41, 5.74) is 4.47. The van der Waals surface area contributed by atoms with Crippen molar-refractivity contribution in [3.05, 3.63) is 71.8 Å². The summed E-state index contributed by atoms with van der Waals surface area (Å²) in [7, 11) is 0. The molecule has 0 atom stereocenters. The summed E-state index contributed by atoms with van der Waals surface area (Å²) in [6.07, 6.45) is 0. The van der Waals surface area contributed by atoms with Gasteiger partial charge in [0.2, 0.25) is 0 Å². The van der Waals surface area contributed by atoms with Crippen LogP contribution in [0.25, 0.3) is 43.5 Å². The van der Waals surface area contributed by atoms with Crippen molar-refractivity contribution >= 4 is 43.5 Å². The molecular weight excluding hydrogens is 280 g/mol. The number of aryl methyl sites for hydroxylation is 2. The van der Waals surface area contributed by atoms with Gasteiger partial charge in [0.15, 0.2) is 0 Å². The van der Waals surface area contributed by atoms with Crippen LogP contribution in [0.15, 0.2) is 65.1 Å². The highest BCUT2D eigenvalue weighted by Crippen LogP contribution is 2.40. The van der Waals surface area contributed by atoms with Crippen LogP contribution in [0, 0.1) is 13.8 Å². The fourth-order valence-electron chi connectivity index (χ4n) is 3.84. The van der Waals surface area contributed by atoms with Crippen molar-refractivity contribution in [3.63, 3.8) is 0 Å². The van der Waals surface area contributed by atoms with E-state index in [0.29, 0.717) is 0 Å². The summed E-state index contributed by atoms with van der Waals surface area (Å²) < 4.78 is 6.23. The van der Waals surface area contributed by atoms with E-state index in [4.69, 9.17) is 4.42 Å². The van der Waals surface area contributed by atoms with Gasteiger partial charge in [-0.2, -0.15) is 0 Å². The molecule has 0 radical (unpaired) electrons. The van der Waals surface area contributed by atoms with Crippen LogP contribution in [0.1, 0.15) is 11.1 Å². The van der Waals surface area contributed by atoms with E-state index in [0.717, 1.165) is 11.2 Å². The van der Waals surface area contributed by atoms with Crippen molar-refractivity contribution in [1.82, 2.24) is 0 Å². The zero-order valence-corrected chi connectivity index (χ0v) is 13.2. The van der Waals surface area contributed by atoms with E-state index in [2.05, 4.69) is 74.5 Å². The van der Waals surface area contributed by atoms with Gasteiger partial charge in [-0.25, -0.2) is 0 Å². The van der Waals surface area contributed by atoms with E-state index in [1.165, 1.54) is 43.4 Å². The largest absolute Gasteiger partial charge is 0.456 e. The van der Waals surface area contributed by atoms with Gasteiger partial charge in [-0.1, -0.05) is 48.5 Å². The van der Waals surface area contributed by atoms with Crippen molar-refractivity contribution in [2.45, 2.75) is 13.8 Å². The lowest BCUT2D eigenvalue weighted by molar-refractivity contribution is 0.669. The third-order valence-electron chi connectivity index (χ3n) is 4.90. The number of furan rings is 1. The van der Waals surface area contributed by atoms with Crippen LogP contribution >= 0.6 is 0 Å². The first kappa shape index (κ1) is 12.7. The predicted octanol–water partition coefficient (Wildman–Crippen LogP) is 6.51. The molecule has 0 unspecified atom stereocenters. The van der Waals surface area contributed by atoms with Crippen LogP contribution in [-0.4, -0.2) is 0 Å². The molecule has 5 aromatic rings. The number of rotatable bonds is 0. The molecule has 23 heavy (non-hydrogen) atoms.